The second-order valence-electron chi connectivity index (χ2n) is 3.81. The third kappa shape index (κ3) is 1.85. The van der Waals surface area contributed by atoms with Crippen LogP contribution in [0.25, 0.3) is 0 Å². The molecule has 2 nitrogen and oxygen atoms in total. The molecule has 0 bridgehead atoms. The fourth-order valence-corrected chi connectivity index (χ4v) is 3.12. The van der Waals surface area contributed by atoms with Gasteiger partial charge in [-0.25, -0.2) is 0 Å². The lowest BCUT2D eigenvalue weighted by Crippen LogP contribution is -2.12. The standard InChI is InChI=1S/C10H15NOS/c1-2-3-7-4-5-8-9(6-7)13-10(12)11-8/h7H,2-6H2,1H3,(H,11,12). The van der Waals surface area contributed by atoms with Gasteiger partial charge in [0, 0.05) is 10.6 Å². The van der Waals surface area contributed by atoms with Gasteiger partial charge in [0.25, 0.3) is 0 Å². The molecule has 1 aliphatic carbocycles. The lowest BCUT2D eigenvalue weighted by atomic mass is 9.88. The molecule has 1 aromatic rings. The smallest absolute Gasteiger partial charge is 0.304 e. The average Bonchev–Trinajstić information content (AvgIpc) is 2.44. The van der Waals surface area contributed by atoms with Crippen molar-refractivity contribution in [3.05, 3.63) is 20.2 Å². The minimum atomic E-state index is 0.127. The summed E-state index contributed by atoms with van der Waals surface area (Å²) in [7, 11) is 0. The Morgan fingerprint density at radius 3 is 3.23 bits per heavy atom. The molecule has 3 heteroatoms. The number of rotatable bonds is 2. The predicted molar refractivity (Wildman–Crippen MR) is 55.4 cm³/mol. The van der Waals surface area contributed by atoms with Gasteiger partial charge in [-0.05, 0) is 25.2 Å². The zero-order valence-electron chi connectivity index (χ0n) is 7.93. The largest absolute Gasteiger partial charge is 0.316 e. The highest BCUT2D eigenvalue weighted by atomic mass is 32.1. The molecule has 0 aromatic carbocycles. The Labute approximate surface area is 82.0 Å². The minimum absolute atomic E-state index is 0.127. The van der Waals surface area contributed by atoms with Gasteiger partial charge in [0.05, 0.1) is 0 Å². The fraction of sp³-hybridized carbons (Fsp3) is 0.700. The Morgan fingerprint density at radius 1 is 1.62 bits per heavy atom. The van der Waals surface area contributed by atoms with Crippen LogP contribution in [0.4, 0.5) is 0 Å². The molecule has 1 aromatic heterocycles. The number of fused-ring (bicyclic) bond motifs is 1. The van der Waals surface area contributed by atoms with E-state index in [2.05, 4.69) is 11.9 Å². The summed E-state index contributed by atoms with van der Waals surface area (Å²) >= 11 is 1.41. The molecule has 1 heterocycles. The van der Waals surface area contributed by atoms with Gasteiger partial charge >= 0.3 is 4.87 Å². The van der Waals surface area contributed by atoms with Crippen molar-refractivity contribution in [3.8, 4) is 0 Å². The molecule has 0 amide bonds. The summed E-state index contributed by atoms with van der Waals surface area (Å²) in [6.07, 6.45) is 6.05. The second kappa shape index (κ2) is 3.66. The lowest BCUT2D eigenvalue weighted by Gasteiger charge is -2.20. The molecule has 2 rings (SSSR count). The van der Waals surface area contributed by atoms with Crippen LogP contribution in [-0.2, 0) is 12.8 Å². The molecule has 1 N–H and O–H groups in total. The molecule has 72 valence electrons. The Balaban J connectivity index is 2.14. The van der Waals surface area contributed by atoms with Gasteiger partial charge < -0.3 is 4.98 Å². The van der Waals surface area contributed by atoms with E-state index in [0.29, 0.717) is 0 Å². The van der Waals surface area contributed by atoms with Crippen LogP contribution in [0.3, 0.4) is 0 Å². The summed E-state index contributed by atoms with van der Waals surface area (Å²) in [4.78, 5) is 15.4. The lowest BCUT2D eigenvalue weighted by molar-refractivity contribution is 0.423. The highest BCUT2D eigenvalue weighted by molar-refractivity contribution is 7.09. The summed E-state index contributed by atoms with van der Waals surface area (Å²) in [5.41, 5.74) is 1.21. The van der Waals surface area contributed by atoms with Crippen LogP contribution in [0.15, 0.2) is 4.79 Å². The van der Waals surface area contributed by atoms with Crippen LogP contribution >= 0.6 is 11.3 Å². The molecule has 1 unspecified atom stereocenters. The van der Waals surface area contributed by atoms with E-state index in [9.17, 15) is 4.79 Å². The molecule has 0 radical (unpaired) electrons. The summed E-state index contributed by atoms with van der Waals surface area (Å²) in [5.74, 6) is 0.823. The number of hydrogen-bond donors (Lipinski definition) is 1. The van der Waals surface area contributed by atoms with E-state index in [0.717, 1.165) is 18.8 Å². The number of aromatic nitrogens is 1. The van der Waals surface area contributed by atoms with E-state index >= 15 is 0 Å². The number of aryl methyl sites for hydroxylation is 1. The molecule has 0 saturated heterocycles. The molecular formula is C10H15NOS. The summed E-state index contributed by atoms with van der Waals surface area (Å²) in [5, 5.41) is 0. The summed E-state index contributed by atoms with van der Waals surface area (Å²) in [6.45, 7) is 2.23. The van der Waals surface area contributed by atoms with Crippen LogP contribution in [0.2, 0.25) is 0 Å². The molecular weight excluding hydrogens is 182 g/mol. The summed E-state index contributed by atoms with van der Waals surface area (Å²) < 4.78 is 0. The van der Waals surface area contributed by atoms with E-state index in [1.54, 1.807) is 0 Å². The number of aromatic amines is 1. The van der Waals surface area contributed by atoms with Gasteiger partial charge in [0.15, 0.2) is 0 Å². The normalized spacial score (nSPS) is 21.5. The minimum Gasteiger partial charge on any atom is -0.316 e. The third-order valence-corrected chi connectivity index (χ3v) is 3.73. The van der Waals surface area contributed by atoms with E-state index in [1.807, 2.05) is 0 Å². The molecule has 1 aliphatic rings. The summed E-state index contributed by atoms with van der Waals surface area (Å²) in [6, 6.07) is 0. The van der Waals surface area contributed by atoms with Gasteiger partial charge in [-0.2, -0.15) is 0 Å². The molecule has 0 spiro atoms. The van der Waals surface area contributed by atoms with Crippen LogP contribution in [0, 0.1) is 5.92 Å². The quantitative estimate of drug-likeness (QED) is 0.775. The van der Waals surface area contributed by atoms with Crippen molar-refractivity contribution in [1.29, 1.82) is 0 Å². The SMILES string of the molecule is CCCC1CCc2[nH]c(=O)sc2C1. The van der Waals surface area contributed by atoms with Crippen LogP contribution in [0.5, 0.6) is 0 Å². The first-order valence-electron chi connectivity index (χ1n) is 5.00. The van der Waals surface area contributed by atoms with E-state index in [1.165, 1.54) is 41.2 Å². The van der Waals surface area contributed by atoms with Gasteiger partial charge in [0.2, 0.25) is 0 Å². The number of hydrogen-bond acceptors (Lipinski definition) is 2. The van der Waals surface area contributed by atoms with Gasteiger partial charge in [-0.3, -0.25) is 4.79 Å². The van der Waals surface area contributed by atoms with Crippen LogP contribution in [0.1, 0.15) is 36.8 Å². The van der Waals surface area contributed by atoms with Gasteiger partial charge in [-0.1, -0.05) is 31.1 Å². The topological polar surface area (TPSA) is 32.9 Å². The van der Waals surface area contributed by atoms with Crippen molar-refractivity contribution in [2.45, 2.75) is 39.0 Å². The Hall–Kier alpha value is -0.570. The maximum atomic E-state index is 11.1. The average molecular weight is 197 g/mol. The van der Waals surface area contributed by atoms with Crippen molar-refractivity contribution in [2.75, 3.05) is 0 Å². The maximum absolute atomic E-state index is 11.1. The highest BCUT2D eigenvalue weighted by Gasteiger charge is 2.20. The van der Waals surface area contributed by atoms with E-state index in [4.69, 9.17) is 0 Å². The van der Waals surface area contributed by atoms with E-state index < -0.39 is 0 Å². The van der Waals surface area contributed by atoms with Crippen LogP contribution < -0.4 is 4.87 Å². The third-order valence-electron chi connectivity index (χ3n) is 2.78. The molecule has 0 fully saturated rings. The Kier molecular flexibility index (Phi) is 2.54. The highest BCUT2D eigenvalue weighted by Crippen LogP contribution is 2.28. The number of thiazole rings is 1. The number of nitrogens with one attached hydrogen (secondary N) is 1. The first-order chi connectivity index (χ1) is 6.29. The molecule has 1 atom stereocenters. The van der Waals surface area contributed by atoms with E-state index in [-0.39, 0.29) is 4.87 Å². The maximum Gasteiger partial charge on any atom is 0.304 e. The first kappa shape index (κ1) is 9.00. The zero-order chi connectivity index (χ0) is 9.26. The van der Waals surface area contributed by atoms with Crippen molar-refractivity contribution in [1.82, 2.24) is 4.98 Å². The van der Waals surface area contributed by atoms with Crippen molar-refractivity contribution < 1.29 is 0 Å². The van der Waals surface area contributed by atoms with Gasteiger partial charge in [0.1, 0.15) is 0 Å². The first-order valence-corrected chi connectivity index (χ1v) is 5.82. The monoisotopic (exact) mass is 197 g/mol. The molecule has 13 heavy (non-hydrogen) atoms. The predicted octanol–water partition coefficient (Wildman–Crippen LogP) is 2.34. The number of H-pyrrole nitrogens is 1. The second-order valence-corrected chi connectivity index (χ2v) is 4.88. The molecule has 0 saturated carbocycles. The van der Waals surface area contributed by atoms with Crippen molar-refractivity contribution in [3.63, 3.8) is 0 Å². The zero-order valence-corrected chi connectivity index (χ0v) is 8.75. The molecule has 0 aliphatic heterocycles. The van der Waals surface area contributed by atoms with Crippen molar-refractivity contribution in [2.24, 2.45) is 5.92 Å². The Morgan fingerprint density at radius 2 is 2.46 bits per heavy atom. The fourth-order valence-electron chi connectivity index (χ4n) is 2.13. The Bertz CT molecular complexity index is 339. The van der Waals surface area contributed by atoms with Crippen molar-refractivity contribution >= 4 is 11.3 Å². The van der Waals surface area contributed by atoms with Gasteiger partial charge in [-0.15, -0.1) is 0 Å². The van der Waals surface area contributed by atoms with Crippen LogP contribution in [-0.4, -0.2) is 4.98 Å².